The molecule has 0 unspecified atom stereocenters. The summed E-state index contributed by atoms with van der Waals surface area (Å²) < 4.78 is 11.7. The van der Waals surface area contributed by atoms with E-state index in [1.165, 1.54) is 0 Å². The van der Waals surface area contributed by atoms with Crippen LogP contribution < -0.4 is 4.74 Å². The van der Waals surface area contributed by atoms with Crippen LogP contribution in [0.1, 0.15) is 0 Å². The van der Waals surface area contributed by atoms with Gasteiger partial charge >= 0.3 is 0 Å². The maximum Gasteiger partial charge on any atom is 0.230 e. The predicted octanol–water partition coefficient (Wildman–Crippen LogP) is 3.54. The molecular weight excluding hydrogens is 286 g/mol. The van der Waals surface area contributed by atoms with Gasteiger partial charge in [-0.25, -0.2) is 4.98 Å². The second kappa shape index (κ2) is 6.37. The van der Waals surface area contributed by atoms with Crippen molar-refractivity contribution < 1.29 is 9.47 Å². The van der Waals surface area contributed by atoms with Crippen molar-refractivity contribution in [2.24, 2.45) is 0 Å². The molecule has 0 aliphatic rings. The second-order valence-corrected chi connectivity index (χ2v) is 11.2. The molecule has 90 valence electrons. The molecule has 5 heteroatoms. The zero-order valence-electron chi connectivity index (χ0n) is 10.00. The summed E-state index contributed by atoms with van der Waals surface area (Å²) in [4.78, 5) is 4.08. The van der Waals surface area contributed by atoms with E-state index in [-0.39, 0.29) is 6.79 Å². The molecule has 16 heavy (non-hydrogen) atoms. The van der Waals surface area contributed by atoms with Gasteiger partial charge in [-0.05, 0) is 34.1 Å². The first-order valence-corrected chi connectivity index (χ1v) is 9.80. The lowest BCUT2D eigenvalue weighted by molar-refractivity contribution is 0.0188. The number of halogens is 1. The summed E-state index contributed by atoms with van der Waals surface area (Å²) in [5, 5.41) is 0. The Bertz CT molecular complexity index is 328. The van der Waals surface area contributed by atoms with Crippen LogP contribution in [0.2, 0.25) is 25.7 Å². The molecule has 0 saturated carbocycles. The summed E-state index contributed by atoms with van der Waals surface area (Å²) in [6.07, 6.45) is 1.70. The van der Waals surface area contributed by atoms with Gasteiger partial charge in [0.25, 0.3) is 0 Å². The first-order valence-electron chi connectivity index (χ1n) is 5.30. The molecule has 0 aliphatic heterocycles. The van der Waals surface area contributed by atoms with Crippen molar-refractivity contribution in [3.63, 3.8) is 0 Å². The maximum absolute atomic E-state index is 5.42. The van der Waals surface area contributed by atoms with Crippen LogP contribution in [0.15, 0.2) is 22.8 Å². The van der Waals surface area contributed by atoms with E-state index < -0.39 is 8.07 Å². The van der Waals surface area contributed by atoms with Gasteiger partial charge in [0.15, 0.2) is 6.79 Å². The third-order valence-corrected chi connectivity index (χ3v) is 4.31. The van der Waals surface area contributed by atoms with E-state index >= 15 is 0 Å². The largest absolute Gasteiger partial charge is 0.450 e. The Kier molecular flexibility index (Phi) is 5.44. The van der Waals surface area contributed by atoms with Gasteiger partial charge in [0.05, 0.1) is 4.47 Å². The summed E-state index contributed by atoms with van der Waals surface area (Å²) in [5.41, 5.74) is 0. The van der Waals surface area contributed by atoms with Crippen molar-refractivity contribution in [1.29, 1.82) is 0 Å². The average Bonchev–Trinajstić information content (AvgIpc) is 2.18. The van der Waals surface area contributed by atoms with Crippen LogP contribution in [0.4, 0.5) is 0 Å². The van der Waals surface area contributed by atoms with Crippen molar-refractivity contribution in [3.8, 4) is 5.88 Å². The summed E-state index contributed by atoms with van der Waals surface area (Å²) in [5.74, 6) is 0.579. The van der Waals surface area contributed by atoms with Gasteiger partial charge in [0, 0.05) is 20.9 Å². The molecule has 1 heterocycles. The number of hydrogen-bond donors (Lipinski definition) is 0. The van der Waals surface area contributed by atoms with E-state index in [0.717, 1.165) is 17.1 Å². The van der Waals surface area contributed by atoms with Crippen molar-refractivity contribution in [2.45, 2.75) is 25.7 Å². The van der Waals surface area contributed by atoms with Gasteiger partial charge < -0.3 is 9.47 Å². The average molecular weight is 304 g/mol. The quantitative estimate of drug-likeness (QED) is 0.458. The van der Waals surface area contributed by atoms with Crippen molar-refractivity contribution in [3.05, 3.63) is 22.8 Å². The summed E-state index contributed by atoms with van der Waals surface area (Å²) in [6.45, 7) is 8.01. The topological polar surface area (TPSA) is 31.4 Å². The van der Waals surface area contributed by atoms with Crippen LogP contribution >= 0.6 is 15.9 Å². The van der Waals surface area contributed by atoms with Crippen LogP contribution in [0.5, 0.6) is 5.88 Å². The lowest BCUT2D eigenvalue weighted by Gasteiger charge is -2.15. The highest BCUT2D eigenvalue weighted by Crippen LogP contribution is 2.20. The van der Waals surface area contributed by atoms with E-state index in [1.54, 1.807) is 6.20 Å². The Morgan fingerprint density at radius 3 is 2.75 bits per heavy atom. The van der Waals surface area contributed by atoms with Crippen molar-refractivity contribution >= 4 is 24.0 Å². The Labute approximate surface area is 106 Å². The van der Waals surface area contributed by atoms with Gasteiger partial charge in [-0.3, -0.25) is 0 Å². The Morgan fingerprint density at radius 1 is 1.38 bits per heavy atom. The fourth-order valence-electron chi connectivity index (χ4n) is 1.01. The molecule has 1 aromatic rings. The monoisotopic (exact) mass is 303 g/mol. The van der Waals surface area contributed by atoms with Crippen LogP contribution in [0, 0.1) is 0 Å². The molecule has 0 radical (unpaired) electrons. The molecule has 0 fully saturated rings. The highest BCUT2D eigenvalue weighted by atomic mass is 79.9. The molecule has 0 aromatic carbocycles. The lowest BCUT2D eigenvalue weighted by Crippen LogP contribution is -2.22. The first kappa shape index (κ1) is 13.7. The standard InChI is InChI=1S/C11H18BrNO2Si/c1-16(2,3)8-7-14-9-15-11-10(12)5-4-6-13-11/h4-6H,7-9H2,1-3H3. The fourth-order valence-corrected chi connectivity index (χ4v) is 2.14. The molecule has 0 atom stereocenters. The third kappa shape index (κ3) is 5.63. The molecule has 0 bridgehead atoms. The Hall–Kier alpha value is -0.393. The van der Waals surface area contributed by atoms with Crippen LogP contribution in [-0.2, 0) is 4.74 Å². The van der Waals surface area contributed by atoms with Gasteiger partial charge in [-0.15, -0.1) is 0 Å². The van der Waals surface area contributed by atoms with Gasteiger partial charge in [0.2, 0.25) is 5.88 Å². The fraction of sp³-hybridized carbons (Fsp3) is 0.545. The number of hydrogen-bond acceptors (Lipinski definition) is 3. The number of aromatic nitrogens is 1. The van der Waals surface area contributed by atoms with E-state index in [9.17, 15) is 0 Å². The smallest absolute Gasteiger partial charge is 0.230 e. The van der Waals surface area contributed by atoms with Gasteiger partial charge in [-0.1, -0.05) is 19.6 Å². The molecule has 1 rings (SSSR count). The van der Waals surface area contributed by atoms with E-state index in [2.05, 4.69) is 40.6 Å². The van der Waals surface area contributed by atoms with Crippen LogP contribution in [-0.4, -0.2) is 26.5 Å². The second-order valence-electron chi connectivity index (χ2n) is 4.77. The first-order chi connectivity index (χ1) is 7.49. The third-order valence-electron chi connectivity index (χ3n) is 2.00. The zero-order valence-corrected chi connectivity index (χ0v) is 12.6. The number of rotatable bonds is 6. The van der Waals surface area contributed by atoms with Crippen LogP contribution in [0.3, 0.4) is 0 Å². The SMILES string of the molecule is C[Si](C)(C)CCOCOc1ncccc1Br. The van der Waals surface area contributed by atoms with Gasteiger partial charge in [0.1, 0.15) is 0 Å². The highest BCUT2D eigenvalue weighted by molar-refractivity contribution is 9.10. The number of pyridine rings is 1. The Morgan fingerprint density at radius 2 is 2.12 bits per heavy atom. The summed E-state index contributed by atoms with van der Waals surface area (Å²) >= 11 is 3.36. The molecule has 0 saturated heterocycles. The van der Waals surface area contributed by atoms with Crippen LogP contribution in [0.25, 0.3) is 0 Å². The van der Waals surface area contributed by atoms with Gasteiger partial charge in [-0.2, -0.15) is 0 Å². The molecule has 0 spiro atoms. The summed E-state index contributed by atoms with van der Waals surface area (Å²) in [6, 6.07) is 4.90. The van der Waals surface area contributed by atoms with E-state index in [0.29, 0.717) is 5.88 Å². The van der Waals surface area contributed by atoms with E-state index in [4.69, 9.17) is 9.47 Å². The molecule has 3 nitrogen and oxygen atoms in total. The number of nitrogens with zero attached hydrogens (tertiary/aromatic N) is 1. The normalized spacial score (nSPS) is 11.5. The maximum atomic E-state index is 5.42. The molecule has 0 N–H and O–H groups in total. The molecular formula is C11H18BrNO2Si. The predicted molar refractivity (Wildman–Crippen MR) is 71.5 cm³/mol. The number of ether oxygens (including phenoxy) is 2. The highest BCUT2D eigenvalue weighted by Gasteiger charge is 2.12. The van der Waals surface area contributed by atoms with E-state index in [1.807, 2.05) is 12.1 Å². The van der Waals surface area contributed by atoms with Crippen molar-refractivity contribution in [2.75, 3.05) is 13.4 Å². The summed E-state index contributed by atoms with van der Waals surface area (Å²) in [7, 11) is -1.00. The minimum absolute atomic E-state index is 0.264. The molecule has 0 aliphatic carbocycles. The molecule has 1 aromatic heterocycles. The zero-order chi connectivity index (χ0) is 12.0. The van der Waals surface area contributed by atoms with Crippen molar-refractivity contribution in [1.82, 2.24) is 4.98 Å². The lowest BCUT2D eigenvalue weighted by atomic mass is 10.5. The molecule has 0 amide bonds. The minimum Gasteiger partial charge on any atom is -0.450 e. The minimum atomic E-state index is -1.00. The Balaban J connectivity index is 2.19.